The first-order valence-electron chi connectivity index (χ1n) is 10.9. The predicted molar refractivity (Wildman–Crippen MR) is 128 cm³/mol. The summed E-state index contributed by atoms with van der Waals surface area (Å²) in [7, 11) is -3.64. The van der Waals surface area contributed by atoms with E-state index in [2.05, 4.69) is 20.4 Å². The molecule has 34 heavy (non-hydrogen) atoms. The van der Waals surface area contributed by atoms with Crippen molar-refractivity contribution in [1.29, 1.82) is 0 Å². The third-order valence-corrected chi connectivity index (χ3v) is 8.00. The number of anilines is 1. The number of hydrogen-bond acceptors (Lipinski definition) is 9. The van der Waals surface area contributed by atoms with E-state index in [4.69, 9.17) is 9.26 Å². The van der Waals surface area contributed by atoms with E-state index in [0.717, 1.165) is 5.56 Å². The average Bonchev–Trinajstić information content (AvgIpc) is 3.45. The highest BCUT2D eigenvalue weighted by molar-refractivity contribution is 7.89. The average molecular weight is 506 g/mol. The van der Waals surface area contributed by atoms with Crippen LogP contribution in [0, 0.1) is 6.92 Å². The topological polar surface area (TPSA) is 118 Å². The van der Waals surface area contributed by atoms with Gasteiger partial charge in [0.2, 0.25) is 10.0 Å². The number of ether oxygens (including phenoxy) is 1. The number of aryl methyl sites for hydroxylation is 1. The summed E-state index contributed by atoms with van der Waals surface area (Å²) in [6, 6.07) is 5.47. The molecule has 10 nitrogen and oxygen atoms in total. The summed E-state index contributed by atoms with van der Waals surface area (Å²) in [6.45, 7) is 7.83. The number of carbonyl (C=O) groups excluding carboxylic acids is 1. The van der Waals surface area contributed by atoms with Gasteiger partial charge < -0.3 is 9.26 Å². The standard InChI is InChI=1S/C22H27N5O5S2/c1-15(2)31-19-11-17(10-18(12-19)21(28)25-22-23-4-9-33-22)14-26-5-7-27(8-6-26)34(29,30)20-13-24-32-16(20)3/h4,9-13,15H,5-8,14H2,1-3H3,(H,23,25,28). The van der Waals surface area contributed by atoms with Gasteiger partial charge in [-0.15, -0.1) is 11.3 Å². The zero-order valence-electron chi connectivity index (χ0n) is 19.2. The Bertz CT molecular complexity index is 1230. The molecule has 12 heteroatoms. The molecule has 1 N–H and O–H groups in total. The number of piperazine rings is 1. The fourth-order valence-electron chi connectivity index (χ4n) is 3.74. The number of amides is 1. The number of sulfonamides is 1. The van der Waals surface area contributed by atoms with Crippen molar-refractivity contribution in [3.8, 4) is 5.75 Å². The van der Waals surface area contributed by atoms with Gasteiger partial charge in [-0.25, -0.2) is 13.4 Å². The minimum Gasteiger partial charge on any atom is -0.491 e. The SMILES string of the molecule is Cc1oncc1S(=O)(=O)N1CCN(Cc2cc(OC(C)C)cc(C(=O)Nc3nccs3)c2)CC1. The monoisotopic (exact) mass is 505 g/mol. The first-order chi connectivity index (χ1) is 16.2. The van der Waals surface area contributed by atoms with E-state index in [1.54, 1.807) is 24.6 Å². The molecule has 3 aromatic rings. The van der Waals surface area contributed by atoms with E-state index in [1.807, 2.05) is 26.0 Å². The Hall–Kier alpha value is -2.80. The van der Waals surface area contributed by atoms with Gasteiger partial charge in [-0.3, -0.25) is 15.0 Å². The lowest BCUT2D eigenvalue weighted by atomic mass is 10.1. The zero-order valence-corrected chi connectivity index (χ0v) is 20.9. The molecule has 0 atom stereocenters. The fourth-order valence-corrected chi connectivity index (χ4v) is 5.76. The van der Waals surface area contributed by atoms with Gasteiger partial charge in [-0.1, -0.05) is 5.16 Å². The van der Waals surface area contributed by atoms with E-state index in [0.29, 0.717) is 49.2 Å². The van der Waals surface area contributed by atoms with Crippen molar-refractivity contribution in [2.24, 2.45) is 0 Å². The minimum absolute atomic E-state index is 0.0419. The molecule has 1 aliphatic heterocycles. The second kappa shape index (κ2) is 10.2. The number of benzene rings is 1. The van der Waals surface area contributed by atoms with Crippen molar-refractivity contribution in [2.45, 2.75) is 38.3 Å². The summed E-state index contributed by atoms with van der Waals surface area (Å²) in [5.41, 5.74) is 1.39. The maximum atomic E-state index is 12.9. The van der Waals surface area contributed by atoms with E-state index in [-0.39, 0.29) is 22.7 Å². The van der Waals surface area contributed by atoms with Gasteiger partial charge in [0.1, 0.15) is 10.6 Å². The van der Waals surface area contributed by atoms with Gasteiger partial charge in [-0.05, 0) is 44.5 Å². The molecule has 0 bridgehead atoms. The first-order valence-corrected chi connectivity index (χ1v) is 13.2. The number of nitrogens with zero attached hydrogens (tertiary/aromatic N) is 4. The third kappa shape index (κ3) is 5.63. The number of nitrogens with one attached hydrogen (secondary N) is 1. The van der Waals surface area contributed by atoms with Crippen molar-refractivity contribution in [1.82, 2.24) is 19.3 Å². The predicted octanol–water partition coefficient (Wildman–Crippen LogP) is 2.99. The highest BCUT2D eigenvalue weighted by Gasteiger charge is 2.31. The zero-order chi connectivity index (χ0) is 24.3. The van der Waals surface area contributed by atoms with Gasteiger partial charge in [-0.2, -0.15) is 4.31 Å². The van der Waals surface area contributed by atoms with E-state index < -0.39 is 10.0 Å². The van der Waals surface area contributed by atoms with Crippen molar-refractivity contribution < 1.29 is 22.5 Å². The van der Waals surface area contributed by atoms with Crippen LogP contribution in [-0.4, -0.2) is 66.0 Å². The third-order valence-electron chi connectivity index (χ3n) is 5.31. The van der Waals surface area contributed by atoms with Crippen LogP contribution in [0.1, 0.15) is 35.5 Å². The van der Waals surface area contributed by atoms with Gasteiger partial charge in [0.05, 0.1) is 12.3 Å². The molecule has 0 aliphatic carbocycles. The summed E-state index contributed by atoms with van der Waals surface area (Å²) in [5, 5.41) is 8.72. The maximum Gasteiger partial charge on any atom is 0.257 e. The Morgan fingerprint density at radius 2 is 2.00 bits per heavy atom. The normalized spacial score (nSPS) is 15.5. The van der Waals surface area contributed by atoms with Crippen molar-refractivity contribution >= 4 is 32.4 Å². The molecular formula is C22H27N5O5S2. The molecule has 182 valence electrons. The van der Waals surface area contributed by atoms with Crippen LogP contribution in [0.2, 0.25) is 0 Å². The highest BCUT2D eigenvalue weighted by Crippen LogP contribution is 2.24. The highest BCUT2D eigenvalue weighted by atomic mass is 32.2. The largest absolute Gasteiger partial charge is 0.491 e. The summed E-state index contributed by atoms with van der Waals surface area (Å²) < 4.78 is 38.0. The fraction of sp³-hybridized carbons (Fsp3) is 0.409. The van der Waals surface area contributed by atoms with Crippen LogP contribution < -0.4 is 10.1 Å². The van der Waals surface area contributed by atoms with Crippen LogP contribution in [0.25, 0.3) is 0 Å². The first kappa shape index (κ1) is 24.3. The van der Waals surface area contributed by atoms with Crippen LogP contribution in [-0.2, 0) is 16.6 Å². The summed E-state index contributed by atoms with van der Waals surface area (Å²) >= 11 is 1.35. The number of aromatic nitrogens is 2. The molecule has 0 saturated carbocycles. The maximum absolute atomic E-state index is 12.9. The lowest BCUT2D eigenvalue weighted by Crippen LogP contribution is -2.48. The Labute approximate surface area is 202 Å². The number of carbonyl (C=O) groups is 1. The summed E-state index contributed by atoms with van der Waals surface area (Å²) in [5.74, 6) is 0.638. The lowest BCUT2D eigenvalue weighted by molar-refractivity contribution is 0.102. The molecule has 1 aliphatic rings. The molecule has 1 saturated heterocycles. The van der Waals surface area contributed by atoms with Crippen molar-refractivity contribution in [3.05, 3.63) is 52.9 Å². The van der Waals surface area contributed by atoms with Crippen LogP contribution in [0.5, 0.6) is 5.75 Å². The van der Waals surface area contributed by atoms with Crippen LogP contribution >= 0.6 is 11.3 Å². The van der Waals surface area contributed by atoms with Gasteiger partial charge in [0.15, 0.2) is 10.9 Å². The smallest absolute Gasteiger partial charge is 0.257 e. The van der Waals surface area contributed by atoms with Crippen molar-refractivity contribution in [2.75, 3.05) is 31.5 Å². The van der Waals surface area contributed by atoms with E-state index in [9.17, 15) is 13.2 Å². The van der Waals surface area contributed by atoms with Crippen LogP contribution in [0.15, 0.2) is 45.4 Å². The summed E-state index contributed by atoms with van der Waals surface area (Å²) in [6.07, 6.45) is 2.84. The van der Waals surface area contributed by atoms with Crippen LogP contribution in [0.4, 0.5) is 5.13 Å². The Morgan fingerprint density at radius 1 is 1.24 bits per heavy atom. The molecular weight excluding hydrogens is 478 g/mol. The molecule has 4 rings (SSSR count). The Morgan fingerprint density at radius 3 is 2.62 bits per heavy atom. The number of thiazole rings is 1. The Kier molecular flexibility index (Phi) is 7.31. The van der Waals surface area contributed by atoms with Gasteiger partial charge >= 0.3 is 0 Å². The number of hydrogen-bond donors (Lipinski definition) is 1. The molecule has 1 amide bonds. The molecule has 1 fully saturated rings. The quantitative estimate of drug-likeness (QED) is 0.496. The second-order valence-corrected chi connectivity index (χ2v) is 11.1. The second-order valence-electron chi connectivity index (χ2n) is 8.25. The minimum atomic E-state index is -3.64. The molecule has 2 aromatic heterocycles. The van der Waals surface area contributed by atoms with Crippen molar-refractivity contribution in [3.63, 3.8) is 0 Å². The summed E-state index contributed by atoms with van der Waals surface area (Å²) in [4.78, 5) is 19.2. The lowest BCUT2D eigenvalue weighted by Gasteiger charge is -2.33. The van der Waals surface area contributed by atoms with Gasteiger partial charge in [0.25, 0.3) is 5.91 Å². The molecule has 0 unspecified atom stereocenters. The molecule has 1 aromatic carbocycles. The Balaban J connectivity index is 1.45. The van der Waals surface area contributed by atoms with Gasteiger partial charge in [0, 0.05) is 49.9 Å². The molecule has 0 spiro atoms. The van der Waals surface area contributed by atoms with E-state index in [1.165, 1.54) is 21.8 Å². The molecule has 0 radical (unpaired) electrons. The van der Waals surface area contributed by atoms with Crippen LogP contribution in [0.3, 0.4) is 0 Å². The van der Waals surface area contributed by atoms with E-state index >= 15 is 0 Å². The molecule has 3 heterocycles. The number of rotatable bonds is 8.